The van der Waals surface area contributed by atoms with Gasteiger partial charge in [-0.25, -0.2) is 4.79 Å². The summed E-state index contributed by atoms with van der Waals surface area (Å²) in [6.45, 7) is 4.56. The highest BCUT2D eigenvalue weighted by atomic mass is 32.2. The Morgan fingerprint density at radius 2 is 1.85 bits per heavy atom. The molecular formula is C14H16O4S2. The lowest BCUT2D eigenvalue weighted by molar-refractivity contribution is -0.137. The van der Waals surface area contributed by atoms with Crippen molar-refractivity contribution in [3.8, 4) is 0 Å². The predicted octanol–water partition coefficient (Wildman–Crippen LogP) is 2.77. The van der Waals surface area contributed by atoms with Crippen molar-refractivity contribution < 1.29 is 19.1 Å². The van der Waals surface area contributed by atoms with E-state index in [1.54, 1.807) is 23.5 Å². The minimum Gasteiger partial charge on any atom is -0.467 e. The summed E-state index contributed by atoms with van der Waals surface area (Å²) in [4.78, 5) is 23.1. The third-order valence-electron chi connectivity index (χ3n) is 2.11. The summed E-state index contributed by atoms with van der Waals surface area (Å²) < 4.78 is 9.54. The highest BCUT2D eigenvalue weighted by Crippen LogP contribution is 2.24. The topological polar surface area (TPSA) is 52.6 Å². The maximum atomic E-state index is 10.9. The van der Waals surface area contributed by atoms with Crippen LogP contribution in [-0.2, 0) is 19.1 Å². The first-order chi connectivity index (χ1) is 9.76. The highest BCUT2D eigenvalue weighted by molar-refractivity contribution is 8.00. The third-order valence-corrected chi connectivity index (χ3v) is 4.02. The molecule has 0 saturated carbocycles. The Balaban J connectivity index is 2.30. The second kappa shape index (κ2) is 10.4. The number of benzene rings is 1. The minimum absolute atomic E-state index is 0.361. The number of thioether (sulfide) groups is 2. The van der Waals surface area contributed by atoms with E-state index in [2.05, 4.69) is 17.4 Å². The molecule has 0 saturated heterocycles. The summed E-state index contributed by atoms with van der Waals surface area (Å²) in [6.07, 6.45) is 1.16. The fourth-order valence-electron chi connectivity index (χ4n) is 1.27. The zero-order chi connectivity index (χ0) is 14.6. The fraction of sp³-hybridized carbons (Fsp3) is 0.286. The van der Waals surface area contributed by atoms with Gasteiger partial charge in [0.15, 0.2) is 0 Å². The van der Waals surface area contributed by atoms with Gasteiger partial charge in [0.05, 0.1) is 0 Å². The Kier molecular flexibility index (Phi) is 8.66. The molecule has 1 rings (SSSR count). The summed E-state index contributed by atoms with van der Waals surface area (Å²) in [7, 11) is 0. The molecule has 0 N–H and O–H groups in total. The van der Waals surface area contributed by atoms with Crippen LogP contribution in [0.15, 0.2) is 46.7 Å². The third kappa shape index (κ3) is 7.25. The second-order valence-electron chi connectivity index (χ2n) is 3.51. The Morgan fingerprint density at radius 1 is 1.20 bits per heavy atom. The van der Waals surface area contributed by atoms with Crippen molar-refractivity contribution in [3.05, 3.63) is 36.9 Å². The van der Waals surface area contributed by atoms with Crippen molar-refractivity contribution in [1.82, 2.24) is 0 Å². The number of hydrogen-bond acceptors (Lipinski definition) is 6. The molecule has 0 aliphatic rings. The summed E-state index contributed by atoms with van der Waals surface area (Å²) >= 11 is 3.24. The van der Waals surface area contributed by atoms with Gasteiger partial charge in [-0.3, -0.25) is 4.79 Å². The summed E-state index contributed by atoms with van der Waals surface area (Å²) in [5, 5.41) is 0. The standard InChI is InChI=1S/C14H16O4S2/c1-2-14(16)18-7-9-20-13-5-3-4-12(10-13)19-8-6-17-11-15/h2-5,10-11H,1,6-9H2. The molecule has 4 nitrogen and oxygen atoms in total. The van der Waals surface area contributed by atoms with E-state index >= 15 is 0 Å². The quantitative estimate of drug-likeness (QED) is 0.218. The molecule has 6 heteroatoms. The van der Waals surface area contributed by atoms with Crippen molar-refractivity contribution >= 4 is 36.0 Å². The molecule has 1 aromatic rings. The van der Waals surface area contributed by atoms with Gasteiger partial charge in [0.25, 0.3) is 6.47 Å². The van der Waals surface area contributed by atoms with Gasteiger partial charge in [-0.15, -0.1) is 23.5 Å². The largest absolute Gasteiger partial charge is 0.467 e. The first-order valence-corrected chi connectivity index (χ1v) is 7.93. The molecule has 0 amide bonds. The van der Waals surface area contributed by atoms with E-state index in [1.165, 1.54) is 0 Å². The van der Waals surface area contributed by atoms with Crippen LogP contribution < -0.4 is 0 Å². The minimum atomic E-state index is -0.398. The van der Waals surface area contributed by atoms with E-state index in [4.69, 9.17) is 4.74 Å². The lowest BCUT2D eigenvalue weighted by Crippen LogP contribution is -2.03. The second-order valence-corrected chi connectivity index (χ2v) is 5.85. The van der Waals surface area contributed by atoms with E-state index in [1.807, 2.05) is 18.2 Å². The predicted molar refractivity (Wildman–Crippen MR) is 81.1 cm³/mol. The van der Waals surface area contributed by atoms with Crippen LogP contribution in [0.5, 0.6) is 0 Å². The average Bonchev–Trinajstić information content (AvgIpc) is 2.48. The van der Waals surface area contributed by atoms with Crippen molar-refractivity contribution in [2.24, 2.45) is 0 Å². The molecule has 0 spiro atoms. The van der Waals surface area contributed by atoms with Crippen LogP contribution in [0.25, 0.3) is 0 Å². The molecule has 108 valence electrons. The van der Waals surface area contributed by atoms with Gasteiger partial charge < -0.3 is 9.47 Å². The Hall–Kier alpha value is -1.40. The Bertz CT molecular complexity index is 449. The first kappa shape index (κ1) is 16.7. The van der Waals surface area contributed by atoms with E-state index < -0.39 is 5.97 Å². The molecule has 0 aliphatic carbocycles. The molecular weight excluding hydrogens is 296 g/mol. The monoisotopic (exact) mass is 312 g/mol. The lowest BCUT2D eigenvalue weighted by Gasteiger charge is -2.05. The van der Waals surface area contributed by atoms with Gasteiger partial charge in [-0.05, 0) is 18.2 Å². The molecule has 0 atom stereocenters. The number of ether oxygens (including phenoxy) is 2. The van der Waals surface area contributed by atoms with E-state index in [0.717, 1.165) is 21.6 Å². The van der Waals surface area contributed by atoms with Crippen molar-refractivity contribution in [1.29, 1.82) is 0 Å². The normalized spacial score (nSPS) is 9.80. The number of carbonyl (C=O) groups excluding carboxylic acids is 2. The average molecular weight is 312 g/mol. The molecule has 0 aromatic heterocycles. The maximum Gasteiger partial charge on any atom is 0.330 e. The fourth-order valence-corrected chi connectivity index (χ4v) is 2.93. The Labute approximate surface area is 126 Å². The SMILES string of the molecule is C=CC(=O)OCCSc1cccc(SCCOC=O)c1. The van der Waals surface area contributed by atoms with Crippen LogP contribution in [0.2, 0.25) is 0 Å². The first-order valence-electron chi connectivity index (χ1n) is 5.96. The van der Waals surface area contributed by atoms with Crippen LogP contribution >= 0.6 is 23.5 Å². The van der Waals surface area contributed by atoms with Gasteiger partial charge >= 0.3 is 5.97 Å². The van der Waals surface area contributed by atoms with Crippen LogP contribution in [-0.4, -0.2) is 37.2 Å². The maximum absolute atomic E-state index is 10.9. The molecule has 20 heavy (non-hydrogen) atoms. The van der Waals surface area contributed by atoms with E-state index in [-0.39, 0.29) is 0 Å². The molecule has 0 heterocycles. The molecule has 1 aromatic carbocycles. The van der Waals surface area contributed by atoms with Crippen LogP contribution in [0.1, 0.15) is 0 Å². The molecule has 0 radical (unpaired) electrons. The highest BCUT2D eigenvalue weighted by Gasteiger charge is 2.00. The molecule has 0 unspecified atom stereocenters. The van der Waals surface area contributed by atoms with E-state index in [9.17, 15) is 9.59 Å². The Morgan fingerprint density at radius 3 is 2.45 bits per heavy atom. The van der Waals surface area contributed by atoms with Gasteiger partial charge in [0.2, 0.25) is 0 Å². The van der Waals surface area contributed by atoms with Crippen LogP contribution in [0.4, 0.5) is 0 Å². The summed E-state index contributed by atoms with van der Waals surface area (Å²) in [6, 6.07) is 8.05. The van der Waals surface area contributed by atoms with E-state index in [0.29, 0.717) is 25.4 Å². The molecule has 0 aliphatic heterocycles. The summed E-state index contributed by atoms with van der Waals surface area (Å²) in [5.74, 6) is 1.02. The smallest absolute Gasteiger partial charge is 0.330 e. The van der Waals surface area contributed by atoms with Crippen molar-refractivity contribution in [3.63, 3.8) is 0 Å². The lowest BCUT2D eigenvalue weighted by atomic mass is 10.4. The number of esters is 1. The number of rotatable bonds is 10. The van der Waals surface area contributed by atoms with Crippen LogP contribution in [0.3, 0.4) is 0 Å². The van der Waals surface area contributed by atoms with Gasteiger partial charge in [-0.1, -0.05) is 12.6 Å². The van der Waals surface area contributed by atoms with Gasteiger partial charge in [0.1, 0.15) is 13.2 Å². The number of hydrogen-bond donors (Lipinski definition) is 0. The molecule has 0 fully saturated rings. The zero-order valence-electron chi connectivity index (χ0n) is 10.9. The van der Waals surface area contributed by atoms with Crippen molar-refractivity contribution in [2.75, 3.05) is 24.7 Å². The van der Waals surface area contributed by atoms with Gasteiger partial charge in [0, 0.05) is 27.4 Å². The van der Waals surface area contributed by atoms with Crippen LogP contribution in [0, 0.1) is 0 Å². The zero-order valence-corrected chi connectivity index (χ0v) is 12.6. The van der Waals surface area contributed by atoms with Gasteiger partial charge in [-0.2, -0.15) is 0 Å². The van der Waals surface area contributed by atoms with Crippen molar-refractivity contribution in [2.45, 2.75) is 9.79 Å². The number of carbonyl (C=O) groups is 2. The molecule has 0 bridgehead atoms. The summed E-state index contributed by atoms with van der Waals surface area (Å²) in [5.41, 5.74) is 0.